The van der Waals surface area contributed by atoms with Crippen LogP contribution < -0.4 is 4.74 Å². The highest BCUT2D eigenvalue weighted by Crippen LogP contribution is 2.25. The quantitative estimate of drug-likeness (QED) is 0.791. The van der Waals surface area contributed by atoms with E-state index in [2.05, 4.69) is 10.2 Å². The van der Waals surface area contributed by atoms with Crippen molar-refractivity contribution in [2.75, 3.05) is 7.11 Å². The summed E-state index contributed by atoms with van der Waals surface area (Å²) < 4.78 is 20.4. The average molecular weight is 256 g/mol. The minimum Gasteiger partial charge on any atom is -0.497 e. The number of alkyl halides is 1. The van der Waals surface area contributed by atoms with E-state index < -0.39 is 5.82 Å². The van der Waals surface area contributed by atoms with Crippen molar-refractivity contribution in [1.29, 1.82) is 0 Å². The van der Waals surface area contributed by atoms with E-state index in [1.54, 1.807) is 23.7 Å². The number of nitrogens with zero attached hydrogens (tertiary/aromatic N) is 3. The molecule has 2 rings (SSSR count). The molecule has 0 aliphatic carbocycles. The molecule has 1 heterocycles. The maximum atomic E-state index is 13.8. The molecule has 0 aliphatic rings. The van der Waals surface area contributed by atoms with Crippen LogP contribution in [0.3, 0.4) is 0 Å². The predicted octanol–water partition coefficient (Wildman–Crippen LogP) is 2.37. The van der Waals surface area contributed by atoms with Crippen LogP contribution in [0, 0.1) is 5.82 Å². The second kappa shape index (κ2) is 4.71. The summed E-state index contributed by atoms with van der Waals surface area (Å²) in [4.78, 5) is 0. The highest BCUT2D eigenvalue weighted by atomic mass is 35.5. The van der Waals surface area contributed by atoms with Crippen LogP contribution in [0.5, 0.6) is 5.75 Å². The van der Waals surface area contributed by atoms with Crippen LogP contribution in [0.4, 0.5) is 4.39 Å². The lowest BCUT2D eigenvalue weighted by Gasteiger charge is -2.05. The molecule has 0 N–H and O–H groups in total. The van der Waals surface area contributed by atoms with E-state index in [1.165, 1.54) is 13.2 Å². The van der Waals surface area contributed by atoms with Gasteiger partial charge in [0.2, 0.25) is 0 Å². The zero-order chi connectivity index (χ0) is 12.4. The van der Waals surface area contributed by atoms with Crippen molar-refractivity contribution in [2.45, 2.75) is 5.88 Å². The molecule has 1 aromatic carbocycles. The van der Waals surface area contributed by atoms with Gasteiger partial charge in [0, 0.05) is 13.1 Å². The molecule has 1 aromatic heterocycles. The fourth-order valence-corrected chi connectivity index (χ4v) is 1.75. The molecule has 0 saturated carbocycles. The highest BCUT2D eigenvalue weighted by Gasteiger charge is 2.14. The van der Waals surface area contributed by atoms with Crippen molar-refractivity contribution >= 4 is 11.6 Å². The monoisotopic (exact) mass is 255 g/mol. The summed E-state index contributed by atoms with van der Waals surface area (Å²) in [5, 5.41) is 7.80. The van der Waals surface area contributed by atoms with Crippen molar-refractivity contribution in [2.24, 2.45) is 7.05 Å². The fourth-order valence-electron chi connectivity index (χ4n) is 1.52. The van der Waals surface area contributed by atoms with Gasteiger partial charge in [-0.2, -0.15) is 0 Å². The van der Waals surface area contributed by atoms with E-state index >= 15 is 0 Å². The second-order valence-electron chi connectivity index (χ2n) is 3.48. The summed E-state index contributed by atoms with van der Waals surface area (Å²) in [6.45, 7) is 0. The first-order chi connectivity index (χ1) is 8.17. The number of benzene rings is 1. The van der Waals surface area contributed by atoms with Crippen molar-refractivity contribution in [1.82, 2.24) is 14.8 Å². The van der Waals surface area contributed by atoms with Gasteiger partial charge in [0.15, 0.2) is 5.82 Å². The van der Waals surface area contributed by atoms with Gasteiger partial charge in [0.1, 0.15) is 17.4 Å². The molecule has 0 saturated heterocycles. The van der Waals surface area contributed by atoms with E-state index in [0.29, 0.717) is 23.0 Å². The predicted molar refractivity (Wildman–Crippen MR) is 62.5 cm³/mol. The SMILES string of the molecule is COc1ccc(-c2nnc(CCl)n2C)c(F)c1. The maximum absolute atomic E-state index is 13.8. The Balaban J connectivity index is 2.49. The molecule has 17 heavy (non-hydrogen) atoms. The molecule has 0 aliphatic heterocycles. The molecule has 0 bridgehead atoms. The van der Waals surface area contributed by atoms with Gasteiger partial charge >= 0.3 is 0 Å². The number of rotatable bonds is 3. The van der Waals surface area contributed by atoms with E-state index in [1.807, 2.05) is 0 Å². The smallest absolute Gasteiger partial charge is 0.166 e. The minimum absolute atomic E-state index is 0.237. The topological polar surface area (TPSA) is 39.9 Å². The molecule has 0 fully saturated rings. The number of aromatic nitrogens is 3. The molecule has 0 atom stereocenters. The van der Waals surface area contributed by atoms with Gasteiger partial charge in [-0.25, -0.2) is 4.39 Å². The van der Waals surface area contributed by atoms with Crippen molar-refractivity contribution in [3.63, 3.8) is 0 Å². The largest absolute Gasteiger partial charge is 0.497 e. The van der Waals surface area contributed by atoms with Gasteiger partial charge in [-0.3, -0.25) is 0 Å². The second-order valence-corrected chi connectivity index (χ2v) is 3.75. The minimum atomic E-state index is -0.402. The summed E-state index contributed by atoms with van der Waals surface area (Å²) in [6, 6.07) is 4.59. The van der Waals surface area contributed by atoms with Crippen molar-refractivity contribution < 1.29 is 9.13 Å². The third kappa shape index (κ3) is 2.10. The van der Waals surface area contributed by atoms with Crippen molar-refractivity contribution in [3.8, 4) is 17.1 Å². The van der Waals surface area contributed by atoms with Crippen LogP contribution in [-0.4, -0.2) is 21.9 Å². The summed E-state index contributed by atoms with van der Waals surface area (Å²) in [5.74, 6) is 1.34. The van der Waals surface area contributed by atoms with Crippen LogP contribution in [0.1, 0.15) is 5.82 Å². The molecule has 90 valence electrons. The Morgan fingerprint density at radius 2 is 2.18 bits per heavy atom. The van der Waals surface area contributed by atoms with Gasteiger partial charge in [-0.05, 0) is 12.1 Å². The molecule has 4 nitrogen and oxygen atoms in total. The fraction of sp³-hybridized carbons (Fsp3) is 0.273. The molecule has 0 spiro atoms. The summed E-state index contributed by atoms with van der Waals surface area (Å²) in [6.07, 6.45) is 0. The zero-order valence-electron chi connectivity index (χ0n) is 9.44. The van der Waals surface area contributed by atoms with Gasteiger partial charge in [-0.1, -0.05) is 0 Å². The lowest BCUT2D eigenvalue weighted by Crippen LogP contribution is -1.99. The molecule has 0 amide bonds. The molecule has 0 unspecified atom stereocenters. The maximum Gasteiger partial charge on any atom is 0.166 e. The average Bonchev–Trinajstić information content (AvgIpc) is 2.70. The number of hydrogen-bond acceptors (Lipinski definition) is 3. The van der Waals surface area contributed by atoms with E-state index in [4.69, 9.17) is 16.3 Å². The first-order valence-electron chi connectivity index (χ1n) is 4.95. The number of hydrogen-bond donors (Lipinski definition) is 0. The van der Waals surface area contributed by atoms with E-state index in [9.17, 15) is 4.39 Å². The molecule has 6 heteroatoms. The highest BCUT2D eigenvalue weighted by molar-refractivity contribution is 6.16. The van der Waals surface area contributed by atoms with Crippen LogP contribution in [0.2, 0.25) is 0 Å². The van der Waals surface area contributed by atoms with E-state index in [-0.39, 0.29) is 5.88 Å². The molecular weight excluding hydrogens is 245 g/mol. The van der Waals surface area contributed by atoms with Gasteiger partial charge in [-0.15, -0.1) is 21.8 Å². The Morgan fingerprint density at radius 1 is 1.41 bits per heavy atom. The van der Waals surface area contributed by atoms with Gasteiger partial charge in [0.25, 0.3) is 0 Å². The first kappa shape index (κ1) is 11.9. The third-order valence-electron chi connectivity index (χ3n) is 2.50. The molecule has 2 aromatic rings. The first-order valence-corrected chi connectivity index (χ1v) is 5.49. The third-order valence-corrected chi connectivity index (χ3v) is 2.74. The Morgan fingerprint density at radius 3 is 2.71 bits per heavy atom. The van der Waals surface area contributed by atoms with Crippen LogP contribution in [0.25, 0.3) is 11.4 Å². The van der Waals surface area contributed by atoms with Crippen LogP contribution in [-0.2, 0) is 12.9 Å². The standard InChI is InChI=1S/C11H11ClFN3O/c1-16-10(6-12)14-15-11(16)8-4-3-7(17-2)5-9(8)13/h3-5H,6H2,1-2H3. The Hall–Kier alpha value is -1.62. The summed E-state index contributed by atoms with van der Waals surface area (Å²) in [7, 11) is 3.24. The van der Waals surface area contributed by atoms with Gasteiger partial charge < -0.3 is 9.30 Å². The normalized spacial score (nSPS) is 10.6. The molecular formula is C11H11ClFN3O. The van der Waals surface area contributed by atoms with Crippen molar-refractivity contribution in [3.05, 3.63) is 29.8 Å². The summed E-state index contributed by atoms with van der Waals surface area (Å²) >= 11 is 5.68. The van der Waals surface area contributed by atoms with Crippen LogP contribution >= 0.6 is 11.6 Å². The Labute approximate surface area is 103 Å². The number of halogens is 2. The molecule has 0 radical (unpaired) electrons. The lowest BCUT2D eigenvalue weighted by molar-refractivity contribution is 0.411. The lowest BCUT2D eigenvalue weighted by atomic mass is 10.2. The zero-order valence-corrected chi connectivity index (χ0v) is 10.2. The number of ether oxygens (including phenoxy) is 1. The van der Waals surface area contributed by atoms with E-state index in [0.717, 1.165) is 0 Å². The van der Waals surface area contributed by atoms with Gasteiger partial charge in [0.05, 0.1) is 18.6 Å². The number of methoxy groups -OCH3 is 1. The Bertz CT molecular complexity index is 542. The Kier molecular flexibility index (Phi) is 3.28. The summed E-state index contributed by atoms with van der Waals surface area (Å²) in [5.41, 5.74) is 0.372. The van der Waals surface area contributed by atoms with Crippen LogP contribution in [0.15, 0.2) is 18.2 Å².